The van der Waals surface area contributed by atoms with E-state index >= 15 is 0 Å². The van der Waals surface area contributed by atoms with Gasteiger partial charge in [-0.15, -0.1) is 0 Å². The van der Waals surface area contributed by atoms with Crippen LogP contribution in [0.3, 0.4) is 0 Å². The number of hydrogen-bond donors (Lipinski definition) is 17. The van der Waals surface area contributed by atoms with Gasteiger partial charge in [-0.1, -0.05) is 0 Å². The van der Waals surface area contributed by atoms with Gasteiger partial charge in [0.15, 0.2) is 24.1 Å². The van der Waals surface area contributed by atoms with E-state index in [1.807, 2.05) is 0 Å². The van der Waals surface area contributed by atoms with E-state index in [2.05, 4.69) is 36.7 Å². The normalized spacial score (nSPS) is 19.3. The molecule has 0 bridgehead atoms. The van der Waals surface area contributed by atoms with Crippen molar-refractivity contribution in [3.63, 3.8) is 0 Å². The molecule has 0 saturated carbocycles. The second-order valence-electron chi connectivity index (χ2n) is 19.1. The van der Waals surface area contributed by atoms with Crippen LogP contribution in [0, 0.1) is 10.8 Å². The Morgan fingerprint density at radius 2 is 0.876 bits per heavy atom. The molecule has 0 aliphatic carbocycles. The van der Waals surface area contributed by atoms with Crippen LogP contribution in [0.1, 0.15) is 20.3 Å². The van der Waals surface area contributed by atoms with E-state index in [0.29, 0.717) is 59.5 Å². The molecule has 0 aromatic rings. The van der Waals surface area contributed by atoms with Crippen molar-refractivity contribution in [2.75, 3.05) is 165 Å². The predicted molar refractivity (Wildman–Crippen MR) is 304 cm³/mol. The number of nitrogens with one attached hydrogen (secondary N) is 8. The highest BCUT2D eigenvalue weighted by Gasteiger charge is 2.47. The molecule has 2 aliphatic rings. The number of carbonyl (C=O) groups is 7. The van der Waals surface area contributed by atoms with Crippen LogP contribution in [-0.4, -0.2) is 315 Å². The number of carbonyl (C=O) groups excluding carboxylic acids is 5. The number of aliphatic hydroxyl groups is 4. The topological polar surface area (TPSA) is 562 Å². The minimum absolute atomic E-state index is 0.0250. The van der Waals surface area contributed by atoms with Crippen LogP contribution in [0.5, 0.6) is 0 Å². The summed E-state index contributed by atoms with van der Waals surface area (Å²) in [7, 11) is 0. The third-order valence-corrected chi connectivity index (χ3v) is 12.2. The fraction of sp³-hybridized carbons (Fsp3) is 0.745. The number of rotatable bonds is 51. The van der Waals surface area contributed by atoms with E-state index < -0.39 is 146 Å². The molecule has 0 saturated heterocycles. The second-order valence-corrected chi connectivity index (χ2v) is 19.1. The third-order valence-electron chi connectivity index (χ3n) is 12.2. The van der Waals surface area contributed by atoms with Crippen LogP contribution in [0.2, 0.25) is 0 Å². The first-order valence-corrected chi connectivity index (χ1v) is 28.2. The van der Waals surface area contributed by atoms with Crippen LogP contribution in [0.25, 0.3) is 0 Å². The molecule has 0 aromatic carbocycles. The maximum Gasteiger partial charge on any atom is 0.370 e. The number of ether oxygens (including phenoxy) is 12. The average Bonchev–Trinajstić information content (AvgIpc) is 3.45. The first-order chi connectivity index (χ1) is 42.6. The largest absolute Gasteiger partial charge is 0.478 e. The van der Waals surface area contributed by atoms with Gasteiger partial charge < -0.3 is 141 Å². The highest BCUT2D eigenvalue weighted by atomic mass is 16.6. The van der Waals surface area contributed by atoms with E-state index in [0.717, 1.165) is 26.0 Å². The summed E-state index contributed by atoms with van der Waals surface area (Å²) in [6, 6.07) is -4.77. The van der Waals surface area contributed by atoms with Crippen LogP contribution >= 0.6 is 0 Å². The molecular formula is C51H90N12O26. The molecule has 5 amide bonds. The Morgan fingerprint density at radius 3 is 1.19 bits per heavy atom. The summed E-state index contributed by atoms with van der Waals surface area (Å²) in [5.41, 5.74) is 11.0. The quantitative estimate of drug-likeness (QED) is 0.0116. The van der Waals surface area contributed by atoms with Gasteiger partial charge in [-0.2, -0.15) is 0 Å². The summed E-state index contributed by atoms with van der Waals surface area (Å²) in [5.74, 6) is -3.74. The number of nitrogens with two attached hydrogens (primary N) is 3. The molecule has 2 aliphatic heterocycles. The Hall–Kier alpha value is -6.73. The van der Waals surface area contributed by atoms with Crippen molar-refractivity contribution in [3.05, 3.63) is 23.7 Å². The molecular weight excluding hydrogens is 1200 g/mol. The zero-order valence-corrected chi connectivity index (χ0v) is 49.8. The second kappa shape index (κ2) is 46.4. The lowest BCUT2D eigenvalue weighted by atomic mass is 9.91. The first-order valence-electron chi connectivity index (χ1n) is 28.2. The van der Waals surface area contributed by atoms with Crippen molar-refractivity contribution in [2.45, 2.75) is 81.1 Å². The van der Waals surface area contributed by atoms with Crippen LogP contribution in [0.4, 0.5) is 0 Å². The third kappa shape index (κ3) is 33.6. The number of amides is 5. The van der Waals surface area contributed by atoms with Crippen molar-refractivity contribution in [1.29, 1.82) is 10.8 Å². The number of guanidine groups is 2. The summed E-state index contributed by atoms with van der Waals surface area (Å²) >= 11 is 0. The van der Waals surface area contributed by atoms with E-state index in [9.17, 15) is 64.2 Å². The van der Waals surface area contributed by atoms with Crippen molar-refractivity contribution in [3.8, 4) is 0 Å². The monoisotopic (exact) mass is 1290 g/mol. The highest BCUT2D eigenvalue weighted by molar-refractivity contribution is 5.86. The maximum atomic E-state index is 13.4. The van der Waals surface area contributed by atoms with Gasteiger partial charge in [0.1, 0.15) is 37.6 Å². The number of aliphatic carboxylic acids is 2. The Balaban J connectivity index is 1.94. The summed E-state index contributed by atoms with van der Waals surface area (Å²) in [6.07, 6.45) is -7.77. The lowest BCUT2D eigenvalue weighted by Gasteiger charge is -2.41. The van der Waals surface area contributed by atoms with E-state index in [1.54, 1.807) is 0 Å². The minimum atomic E-state index is -1.76. The van der Waals surface area contributed by atoms with Gasteiger partial charge in [0.05, 0.1) is 156 Å². The molecule has 20 N–H and O–H groups in total. The minimum Gasteiger partial charge on any atom is -0.478 e. The molecule has 89 heavy (non-hydrogen) atoms. The van der Waals surface area contributed by atoms with Gasteiger partial charge in [0, 0.05) is 40.0 Å². The molecule has 0 aromatic heterocycles. The van der Waals surface area contributed by atoms with Crippen molar-refractivity contribution in [2.24, 2.45) is 17.4 Å². The molecule has 38 heteroatoms. The average molecular weight is 1290 g/mol. The molecule has 2 heterocycles. The standard InChI is InChI=1S/C51H90N12O26/c1-31(66)59-42-33(61-50(52)53)25-37(48(73)74)88-46(42)44(35(68)27-64)85-29-39(70)57-4-9-78-11-6-63(41(72)3-8-77-13-14-80-15-16-81-17-18-82-19-20-83-21-22-84-23-24-87-56)7-12-79-10-5-58-40(71)30-86-45(36(69)28-65)47-43(60-32(2)67)34(62-51(54)55)26-38(89-47)49(75)76/h25-26,33-36,42-47,64-65,68-69H,3-24,27-30,56H2,1-2H3,(H,57,70)(H,58,71)(H,59,66)(H,60,67)(H,73,74)(H,75,76)(H4,52,53,61)(H4,54,55,62)/t33-,34-,35+,36+,42+,43+,44+,45+,46+,47+/m0/s1. The van der Waals surface area contributed by atoms with Gasteiger partial charge in [0.25, 0.3) is 0 Å². The van der Waals surface area contributed by atoms with Gasteiger partial charge >= 0.3 is 11.9 Å². The number of aliphatic hydroxyl groups excluding tert-OH is 4. The highest BCUT2D eigenvalue weighted by Crippen LogP contribution is 2.27. The predicted octanol–water partition coefficient (Wildman–Crippen LogP) is -8.62. The Bertz CT molecular complexity index is 2090. The smallest absolute Gasteiger partial charge is 0.370 e. The van der Waals surface area contributed by atoms with E-state index in [1.165, 1.54) is 4.90 Å². The number of carboxylic acid groups (broad SMARTS) is 2. The molecule has 10 atom stereocenters. The molecule has 0 unspecified atom stereocenters. The van der Waals surface area contributed by atoms with E-state index in [-0.39, 0.29) is 91.4 Å². The summed E-state index contributed by atoms with van der Waals surface area (Å²) in [4.78, 5) is 93.3. The van der Waals surface area contributed by atoms with Crippen molar-refractivity contribution in [1.82, 2.24) is 36.8 Å². The Kier molecular flexibility index (Phi) is 40.8. The van der Waals surface area contributed by atoms with Gasteiger partial charge in [-0.3, -0.25) is 34.8 Å². The summed E-state index contributed by atoms with van der Waals surface area (Å²) < 4.78 is 66.5. The molecule has 510 valence electrons. The fourth-order valence-corrected chi connectivity index (χ4v) is 8.25. The fourth-order valence-electron chi connectivity index (χ4n) is 8.25. The number of hydrogen-bond acceptors (Lipinski definition) is 27. The Labute approximate surface area is 512 Å². The van der Waals surface area contributed by atoms with Crippen LogP contribution < -0.4 is 49.3 Å². The molecule has 38 nitrogen and oxygen atoms in total. The van der Waals surface area contributed by atoms with Gasteiger partial charge in [-0.05, 0) is 12.2 Å². The van der Waals surface area contributed by atoms with Crippen LogP contribution in [0.15, 0.2) is 23.7 Å². The van der Waals surface area contributed by atoms with Gasteiger partial charge in [-0.25, -0.2) is 15.5 Å². The molecule has 2 rings (SSSR count). The Morgan fingerprint density at radius 1 is 0.539 bits per heavy atom. The van der Waals surface area contributed by atoms with Gasteiger partial charge in [0.2, 0.25) is 41.1 Å². The SMILES string of the molecule is CC(=O)N[C@H]1[C@H]([C@H](OCC(=O)NCCOCCN(CCOCCNC(=O)CO[C@@H]([C@@H]2OC(C(=O)O)=C[C@H](NC(=N)N)[C@H]2NC(C)=O)[C@H](O)CO)C(=O)CCOCCOCCOCCOCCOCCOCCON)[C@H](O)CO)OC(C(=O)O)=C[C@@H]1NC(=N)N. The zero-order chi connectivity index (χ0) is 65.9. The molecule has 0 fully saturated rings. The lowest BCUT2D eigenvalue weighted by Crippen LogP contribution is -2.64. The lowest BCUT2D eigenvalue weighted by molar-refractivity contribution is -0.159. The zero-order valence-electron chi connectivity index (χ0n) is 49.8. The maximum absolute atomic E-state index is 13.4. The number of nitrogens with zero attached hydrogens (tertiary/aromatic N) is 1. The summed E-state index contributed by atoms with van der Waals surface area (Å²) in [5, 5.41) is 91.0. The number of carboxylic acids is 2. The summed E-state index contributed by atoms with van der Waals surface area (Å²) in [6.45, 7) is 2.70. The van der Waals surface area contributed by atoms with Crippen LogP contribution in [-0.2, 0) is 95.2 Å². The van der Waals surface area contributed by atoms with Crippen molar-refractivity contribution >= 4 is 53.4 Å². The first kappa shape index (κ1) is 78.4. The molecule has 0 spiro atoms. The van der Waals surface area contributed by atoms with Crippen molar-refractivity contribution < 1.29 is 126 Å². The van der Waals surface area contributed by atoms with E-state index in [4.69, 9.17) is 85.0 Å². The molecule has 0 radical (unpaired) electrons.